The van der Waals surface area contributed by atoms with Crippen molar-refractivity contribution in [3.63, 3.8) is 0 Å². The average Bonchev–Trinajstić information content (AvgIpc) is 3.01. The Labute approximate surface area is 145 Å². The minimum absolute atomic E-state index is 0.210. The van der Waals surface area contributed by atoms with Gasteiger partial charge < -0.3 is 4.74 Å². The fraction of sp³-hybridized carbons (Fsp3) is 0.0625. The average molecular weight is 390 g/mol. The Morgan fingerprint density at radius 1 is 1.09 bits per heavy atom. The maximum absolute atomic E-state index is 11.7. The number of aromatic nitrogens is 2. The van der Waals surface area contributed by atoms with Crippen LogP contribution in [0.4, 0.5) is 10.6 Å². The molecule has 3 rings (SSSR count). The van der Waals surface area contributed by atoms with Gasteiger partial charge in [0.1, 0.15) is 12.3 Å². The quantitative estimate of drug-likeness (QED) is 0.701. The highest BCUT2D eigenvalue weighted by molar-refractivity contribution is 9.11. The van der Waals surface area contributed by atoms with Crippen molar-refractivity contribution in [2.45, 2.75) is 6.61 Å². The highest BCUT2D eigenvalue weighted by Gasteiger charge is 2.07. The van der Waals surface area contributed by atoms with Gasteiger partial charge in [0, 0.05) is 0 Å². The van der Waals surface area contributed by atoms with Crippen molar-refractivity contribution in [2.24, 2.45) is 0 Å². The van der Waals surface area contributed by atoms with Gasteiger partial charge in [0.15, 0.2) is 5.82 Å². The first-order valence-electron chi connectivity index (χ1n) is 6.78. The zero-order valence-electron chi connectivity index (χ0n) is 11.9. The van der Waals surface area contributed by atoms with E-state index in [-0.39, 0.29) is 6.61 Å². The molecule has 1 amide bonds. The lowest BCUT2D eigenvalue weighted by atomic mass is 10.2. The van der Waals surface area contributed by atoms with Gasteiger partial charge in [0.05, 0.1) is 8.66 Å². The van der Waals surface area contributed by atoms with Gasteiger partial charge in [-0.1, -0.05) is 30.3 Å². The van der Waals surface area contributed by atoms with E-state index >= 15 is 0 Å². The summed E-state index contributed by atoms with van der Waals surface area (Å²) in [5.41, 5.74) is 1.68. The van der Waals surface area contributed by atoms with E-state index in [2.05, 4.69) is 31.4 Å². The normalized spacial score (nSPS) is 10.3. The Kier molecular flexibility index (Phi) is 4.99. The molecule has 0 aliphatic heterocycles. The van der Waals surface area contributed by atoms with Crippen molar-refractivity contribution in [1.29, 1.82) is 0 Å². The zero-order chi connectivity index (χ0) is 16.1. The second kappa shape index (κ2) is 7.34. The van der Waals surface area contributed by atoms with E-state index in [0.717, 1.165) is 19.9 Å². The van der Waals surface area contributed by atoms with Crippen molar-refractivity contribution in [1.82, 2.24) is 10.2 Å². The SMILES string of the molecule is O=C(Nc1ccc(-c2ccc(Br)s2)nn1)OCc1ccccc1. The summed E-state index contributed by atoms with van der Waals surface area (Å²) in [5.74, 6) is 0.349. The third-order valence-electron chi connectivity index (χ3n) is 2.93. The van der Waals surface area contributed by atoms with Gasteiger partial charge in [-0.2, -0.15) is 0 Å². The fourth-order valence-corrected chi connectivity index (χ4v) is 3.20. The summed E-state index contributed by atoms with van der Waals surface area (Å²) < 4.78 is 6.16. The summed E-state index contributed by atoms with van der Waals surface area (Å²) in [4.78, 5) is 12.7. The van der Waals surface area contributed by atoms with Gasteiger partial charge >= 0.3 is 6.09 Å². The number of thiophene rings is 1. The first-order valence-corrected chi connectivity index (χ1v) is 8.39. The van der Waals surface area contributed by atoms with Crippen LogP contribution in [0.5, 0.6) is 0 Å². The number of ether oxygens (including phenoxy) is 1. The second-order valence-corrected chi connectivity index (χ2v) is 7.06. The van der Waals surface area contributed by atoms with E-state index in [1.165, 1.54) is 0 Å². The number of rotatable bonds is 4. The topological polar surface area (TPSA) is 64.1 Å². The molecule has 1 aromatic carbocycles. The summed E-state index contributed by atoms with van der Waals surface area (Å²) in [6.07, 6.45) is -0.560. The number of hydrogen-bond acceptors (Lipinski definition) is 5. The van der Waals surface area contributed by atoms with Crippen LogP contribution in [-0.2, 0) is 11.3 Å². The third kappa shape index (κ3) is 4.37. The largest absolute Gasteiger partial charge is 0.444 e. The summed E-state index contributed by atoms with van der Waals surface area (Å²) in [6, 6.07) is 16.9. The monoisotopic (exact) mass is 389 g/mol. The maximum atomic E-state index is 11.7. The number of carbonyl (C=O) groups is 1. The van der Waals surface area contributed by atoms with Crippen molar-refractivity contribution >= 4 is 39.2 Å². The van der Waals surface area contributed by atoms with Gasteiger partial charge in [0.2, 0.25) is 0 Å². The van der Waals surface area contributed by atoms with Crippen LogP contribution in [-0.4, -0.2) is 16.3 Å². The Morgan fingerprint density at radius 3 is 2.57 bits per heavy atom. The van der Waals surface area contributed by atoms with E-state index in [0.29, 0.717) is 5.82 Å². The predicted molar refractivity (Wildman–Crippen MR) is 93.3 cm³/mol. The molecule has 0 spiro atoms. The van der Waals surface area contributed by atoms with Crippen molar-refractivity contribution in [2.75, 3.05) is 5.32 Å². The van der Waals surface area contributed by atoms with E-state index in [1.54, 1.807) is 23.5 Å². The molecule has 0 saturated heterocycles. The zero-order valence-corrected chi connectivity index (χ0v) is 14.3. The first-order chi connectivity index (χ1) is 11.2. The summed E-state index contributed by atoms with van der Waals surface area (Å²) in [5, 5.41) is 10.6. The molecule has 3 aromatic rings. The summed E-state index contributed by atoms with van der Waals surface area (Å²) >= 11 is 4.98. The lowest BCUT2D eigenvalue weighted by molar-refractivity contribution is 0.155. The molecule has 2 aromatic heterocycles. The van der Waals surface area contributed by atoms with Crippen LogP contribution in [0.15, 0.2) is 58.4 Å². The summed E-state index contributed by atoms with van der Waals surface area (Å²) in [6.45, 7) is 0.210. The molecule has 0 bridgehead atoms. The van der Waals surface area contributed by atoms with Gasteiger partial charge in [-0.05, 0) is 45.8 Å². The number of amides is 1. The third-order valence-corrected chi connectivity index (χ3v) is 4.58. The number of halogens is 1. The van der Waals surface area contributed by atoms with Crippen LogP contribution in [0.3, 0.4) is 0 Å². The van der Waals surface area contributed by atoms with Crippen LogP contribution in [0, 0.1) is 0 Å². The molecule has 0 saturated carbocycles. The van der Waals surface area contributed by atoms with Crippen LogP contribution in [0.25, 0.3) is 10.6 Å². The van der Waals surface area contributed by atoms with Crippen molar-refractivity contribution in [3.05, 3.63) is 63.9 Å². The molecule has 116 valence electrons. The number of nitrogens with one attached hydrogen (secondary N) is 1. The predicted octanol–water partition coefficient (Wildman–Crippen LogP) is 4.72. The molecule has 1 N–H and O–H groups in total. The Bertz CT molecular complexity index is 791. The number of anilines is 1. The Morgan fingerprint density at radius 2 is 1.91 bits per heavy atom. The molecule has 0 atom stereocenters. The van der Waals surface area contributed by atoms with Crippen LogP contribution in [0.1, 0.15) is 5.56 Å². The molecule has 7 heteroatoms. The van der Waals surface area contributed by atoms with Gasteiger partial charge in [-0.25, -0.2) is 4.79 Å². The molecule has 0 aliphatic carbocycles. The number of benzene rings is 1. The second-order valence-electron chi connectivity index (χ2n) is 4.59. The van der Waals surface area contributed by atoms with Gasteiger partial charge in [-0.15, -0.1) is 21.5 Å². The number of hydrogen-bond donors (Lipinski definition) is 1. The highest BCUT2D eigenvalue weighted by Crippen LogP contribution is 2.29. The standard InChI is InChI=1S/C16H12BrN3O2S/c17-14-8-7-13(23-14)12-6-9-15(20-19-12)18-16(21)22-10-11-4-2-1-3-5-11/h1-9H,10H2,(H,18,20,21). The minimum atomic E-state index is -0.560. The van der Waals surface area contributed by atoms with E-state index in [1.807, 2.05) is 42.5 Å². The molecule has 0 fully saturated rings. The fourth-order valence-electron chi connectivity index (χ4n) is 1.85. The van der Waals surface area contributed by atoms with Crippen molar-refractivity contribution in [3.8, 4) is 10.6 Å². The van der Waals surface area contributed by atoms with E-state index < -0.39 is 6.09 Å². The van der Waals surface area contributed by atoms with Crippen LogP contribution in [0.2, 0.25) is 0 Å². The van der Waals surface area contributed by atoms with E-state index in [4.69, 9.17) is 4.74 Å². The van der Waals surface area contributed by atoms with Crippen LogP contribution < -0.4 is 5.32 Å². The lowest BCUT2D eigenvalue weighted by Gasteiger charge is -2.06. The molecule has 0 aliphatic rings. The van der Waals surface area contributed by atoms with E-state index in [9.17, 15) is 4.79 Å². The molecule has 23 heavy (non-hydrogen) atoms. The molecule has 0 unspecified atom stereocenters. The molecular weight excluding hydrogens is 378 g/mol. The Balaban J connectivity index is 1.56. The Hall–Kier alpha value is -2.25. The highest BCUT2D eigenvalue weighted by atomic mass is 79.9. The van der Waals surface area contributed by atoms with Crippen LogP contribution >= 0.6 is 27.3 Å². The molecular formula is C16H12BrN3O2S. The lowest BCUT2D eigenvalue weighted by Crippen LogP contribution is -2.14. The summed E-state index contributed by atoms with van der Waals surface area (Å²) in [7, 11) is 0. The van der Waals surface area contributed by atoms with Gasteiger partial charge in [-0.3, -0.25) is 5.32 Å². The first kappa shape index (κ1) is 15.6. The number of nitrogens with zero attached hydrogens (tertiary/aromatic N) is 2. The van der Waals surface area contributed by atoms with Crippen molar-refractivity contribution < 1.29 is 9.53 Å². The molecule has 5 nitrogen and oxygen atoms in total. The van der Waals surface area contributed by atoms with Gasteiger partial charge in [0.25, 0.3) is 0 Å². The molecule has 2 heterocycles. The number of carbonyl (C=O) groups excluding carboxylic acids is 1. The minimum Gasteiger partial charge on any atom is -0.444 e. The smallest absolute Gasteiger partial charge is 0.413 e. The molecule has 0 radical (unpaired) electrons. The maximum Gasteiger partial charge on any atom is 0.413 e.